The largest absolute Gasteiger partial charge is 0.466 e. The molecule has 39 heavy (non-hydrogen) atoms. The average Bonchev–Trinajstić information content (AvgIpc) is 2.88. The van der Waals surface area contributed by atoms with Crippen molar-refractivity contribution in [2.45, 2.75) is 37.6 Å². The zero-order valence-electron chi connectivity index (χ0n) is 21.8. The van der Waals surface area contributed by atoms with Crippen molar-refractivity contribution in [3.63, 3.8) is 0 Å². The normalized spacial score (nSPS) is 11.9. The van der Waals surface area contributed by atoms with Gasteiger partial charge in [-0.3, -0.25) is 9.59 Å². The van der Waals surface area contributed by atoms with Crippen LogP contribution in [-0.4, -0.2) is 50.6 Å². The number of aromatic nitrogens is 1. The van der Waals surface area contributed by atoms with Crippen molar-refractivity contribution in [2.75, 3.05) is 24.8 Å². The predicted molar refractivity (Wildman–Crippen MR) is 142 cm³/mol. The van der Waals surface area contributed by atoms with Crippen LogP contribution in [0.3, 0.4) is 0 Å². The van der Waals surface area contributed by atoms with Crippen LogP contribution >= 0.6 is 0 Å². The Morgan fingerprint density at radius 2 is 1.59 bits per heavy atom. The fraction of sp³-hybridized carbons (Fsp3) is 0.286. The van der Waals surface area contributed by atoms with Crippen LogP contribution in [0.25, 0.3) is 0 Å². The van der Waals surface area contributed by atoms with Crippen LogP contribution in [0.2, 0.25) is 0 Å². The van der Waals surface area contributed by atoms with Gasteiger partial charge in [0.1, 0.15) is 18.3 Å². The highest BCUT2D eigenvalue weighted by atomic mass is 32.2. The molecule has 0 bridgehead atoms. The third-order valence-corrected chi connectivity index (χ3v) is 6.75. The number of nitrogens with zero attached hydrogens (tertiary/aromatic N) is 1. The Kier molecular flexibility index (Phi) is 9.89. The van der Waals surface area contributed by atoms with E-state index in [0.29, 0.717) is 17.5 Å². The molecule has 0 spiro atoms. The summed E-state index contributed by atoms with van der Waals surface area (Å²) in [5, 5.41) is 3.01. The molecule has 0 aliphatic rings. The van der Waals surface area contributed by atoms with Gasteiger partial charge in [0.15, 0.2) is 21.3 Å². The number of benzene rings is 2. The summed E-state index contributed by atoms with van der Waals surface area (Å²) in [7, 11) is -3.49. The molecule has 1 aromatic heterocycles. The average molecular weight is 557 g/mol. The van der Waals surface area contributed by atoms with Crippen molar-refractivity contribution < 1.29 is 36.7 Å². The van der Waals surface area contributed by atoms with E-state index < -0.39 is 40.0 Å². The second kappa shape index (κ2) is 13.1. The lowest BCUT2D eigenvalue weighted by molar-refractivity contribution is -0.145. The molecule has 1 heterocycles. The number of esters is 2. The molecular formula is C28H29FN2O7S. The van der Waals surface area contributed by atoms with Gasteiger partial charge in [0, 0.05) is 12.5 Å². The Labute approximate surface area is 226 Å². The van der Waals surface area contributed by atoms with Crippen molar-refractivity contribution in [3.8, 4) is 0 Å². The number of Topliss-reactive ketones (excluding diaryl/α,β-unsaturated/α-hetero) is 1. The first-order chi connectivity index (χ1) is 18.5. The van der Waals surface area contributed by atoms with E-state index in [1.54, 1.807) is 32.0 Å². The Morgan fingerprint density at radius 3 is 2.18 bits per heavy atom. The third kappa shape index (κ3) is 8.18. The maximum absolute atomic E-state index is 13.3. The van der Waals surface area contributed by atoms with Crippen molar-refractivity contribution in [3.05, 3.63) is 89.0 Å². The molecular weight excluding hydrogens is 527 g/mol. The molecule has 9 nitrogen and oxygen atoms in total. The van der Waals surface area contributed by atoms with Gasteiger partial charge in [-0.25, -0.2) is 22.6 Å². The van der Waals surface area contributed by atoms with E-state index in [2.05, 4.69) is 10.3 Å². The number of pyridine rings is 1. The van der Waals surface area contributed by atoms with Gasteiger partial charge >= 0.3 is 11.9 Å². The zero-order valence-corrected chi connectivity index (χ0v) is 22.6. The number of carbonyl (C=O) groups excluding carboxylic acids is 3. The van der Waals surface area contributed by atoms with E-state index >= 15 is 0 Å². The molecule has 0 aliphatic carbocycles. The molecule has 0 amide bonds. The molecule has 206 valence electrons. The number of anilines is 1. The summed E-state index contributed by atoms with van der Waals surface area (Å²) < 4.78 is 47.2. The summed E-state index contributed by atoms with van der Waals surface area (Å²) in [6.45, 7) is 3.44. The number of carbonyl (C=O) groups is 3. The van der Waals surface area contributed by atoms with Crippen LogP contribution in [0.4, 0.5) is 10.1 Å². The minimum atomic E-state index is -3.49. The lowest BCUT2D eigenvalue weighted by Crippen LogP contribution is -2.26. The minimum absolute atomic E-state index is 0.0537. The van der Waals surface area contributed by atoms with Gasteiger partial charge in [-0.2, -0.15) is 0 Å². The Hall–Kier alpha value is -4.12. The molecule has 11 heteroatoms. The Morgan fingerprint density at radius 1 is 0.949 bits per heavy atom. The number of rotatable bonds is 12. The van der Waals surface area contributed by atoms with Crippen LogP contribution in [0.1, 0.15) is 53.5 Å². The Bertz CT molecular complexity index is 1440. The maximum atomic E-state index is 13.3. The summed E-state index contributed by atoms with van der Waals surface area (Å²) in [5.41, 5.74) is 1.89. The number of hydrogen-bond donors (Lipinski definition) is 1. The number of halogens is 1. The van der Waals surface area contributed by atoms with Crippen molar-refractivity contribution >= 4 is 33.2 Å². The molecule has 0 fully saturated rings. The lowest BCUT2D eigenvalue weighted by Gasteiger charge is -2.21. The van der Waals surface area contributed by atoms with E-state index in [0.717, 1.165) is 11.8 Å². The summed E-state index contributed by atoms with van der Waals surface area (Å²) in [6.07, 6.45) is 2.34. The topological polar surface area (TPSA) is 129 Å². The number of ether oxygens (including phenoxy) is 2. The first-order valence-corrected chi connectivity index (χ1v) is 14.1. The molecule has 1 N–H and O–H groups in total. The van der Waals surface area contributed by atoms with Gasteiger partial charge in [0.25, 0.3) is 0 Å². The molecule has 0 saturated heterocycles. The minimum Gasteiger partial charge on any atom is -0.466 e. The summed E-state index contributed by atoms with van der Waals surface area (Å²) in [5.74, 6) is -2.39. The molecule has 0 radical (unpaired) electrons. The number of sulfone groups is 1. The second-order valence-electron chi connectivity index (χ2n) is 8.63. The summed E-state index contributed by atoms with van der Waals surface area (Å²) in [4.78, 5) is 42.4. The van der Waals surface area contributed by atoms with Crippen LogP contribution in [-0.2, 0) is 35.3 Å². The first-order valence-electron chi connectivity index (χ1n) is 12.2. The van der Waals surface area contributed by atoms with E-state index in [1.165, 1.54) is 42.6 Å². The fourth-order valence-electron chi connectivity index (χ4n) is 3.78. The van der Waals surface area contributed by atoms with E-state index in [4.69, 9.17) is 9.47 Å². The highest BCUT2D eigenvalue weighted by molar-refractivity contribution is 7.90. The fourth-order valence-corrected chi connectivity index (χ4v) is 4.41. The zero-order chi connectivity index (χ0) is 28.6. The van der Waals surface area contributed by atoms with Gasteiger partial charge in [0.05, 0.1) is 23.8 Å². The summed E-state index contributed by atoms with van der Waals surface area (Å²) >= 11 is 0. The molecule has 1 atom stereocenters. The maximum Gasteiger partial charge on any atom is 0.359 e. The molecule has 0 saturated carbocycles. The number of hydrogen-bond acceptors (Lipinski definition) is 9. The monoisotopic (exact) mass is 556 g/mol. The van der Waals surface area contributed by atoms with E-state index in [1.807, 2.05) is 0 Å². The van der Waals surface area contributed by atoms with E-state index in [-0.39, 0.29) is 35.3 Å². The molecule has 2 aromatic carbocycles. The third-order valence-electron chi connectivity index (χ3n) is 5.62. The molecule has 3 aromatic rings. The highest BCUT2D eigenvalue weighted by Gasteiger charge is 2.27. The van der Waals surface area contributed by atoms with Crippen molar-refractivity contribution in [1.29, 1.82) is 0 Å². The van der Waals surface area contributed by atoms with Gasteiger partial charge in [-0.15, -0.1) is 0 Å². The predicted octanol–water partition coefficient (Wildman–Crippen LogP) is 4.07. The number of nitrogens with one attached hydrogen (secondary N) is 1. The van der Waals surface area contributed by atoms with Crippen molar-refractivity contribution in [1.82, 2.24) is 4.98 Å². The van der Waals surface area contributed by atoms with Gasteiger partial charge in [-0.1, -0.05) is 24.3 Å². The summed E-state index contributed by atoms with van der Waals surface area (Å²) in [6, 6.07) is 12.0. The van der Waals surface area contributed by atoms with Gasteiger partial charge in [-0.05, 0) is 67.3 Å². The van der Waals surface area contributed by atoms with Crippen LogP contribution in [0.5, 0.6) is 0 Å². The van der Waals surface area contributed by atoms with E-state index in [9.17, 15) is 27.2 Å². The highest BCUT2D eigenvalue weighted by Crippen LogP contribution is 2.27. The SMILES string of the molecule is CCOC(=O)CC(=O)C(Nc1cc(Cc2ccc(F)cc2)cnc1C(=O)OCC)c1ccc(S(C)(=O)=O)cc1. The standard InChI is InChI=1S/C28H29FN2O7S/c1-4-37-25(33)16-24(32)26(20-8-12-22(13-9-20)39(3,35)36)31-23-15-19(14-18-6-10-21(29)11-7-18)17-30-27(23)28(34)38-5-2/h6-13,15,17,26,31H,4-5,14,16H2,1-3H3. The van der Waals surface area contributed by atoms with Crippen LogP contribution in [0.15, 0.2) is 65.7 Å². The molecule has 0 aliphatic heterocycles. The van der Waals surface area contributed by atoms with Gasteiger partial charge in [0.2, 0.25) is 0 Å². The number of ketones is 1. The van der Waals surface area contributed by atoms with Crippen LogP contribution in [0, 0.1) is 5.82 Å². The van der Waals surface area contributed by atoms with Crippen molar-refractivity contribution in [2.24, 2.45) is 0 Å². The molecule has 1 unspecified atom stereocenters. The quantitative estimate of drug-likeness (QED) is 0.259. The molecule has 3 rings (SSSR count). The second-order valence-corrected chi connectivity index (χ2v) is 10.6. The Balaban J connectivity index is 2.04. The van der Waals surface area contributed by atoms with Crippen LogP contribution < -0.4 is 5.32 Å². The van der Waals surface area contributed by atoms with Gasteiger partial charge < -0.3 is 14.8 Å². The lowest BCUT2D eigenvalue weighted by atomic mass is 9.99. The first kappa shape index (κ1) is 29.4. The smallest absolute Gasteiger partial charge is 0.359 e.